The molecule has 1 aliphatic heterocycles. The minimum absolute atomic E-state index is 0. The summed E-state index contributed by atoms with van der Waals surface area (Å²) in [6, 6.07) is 3.35. The molecule has 0 aliphatic carbocycles. The van der Waals surface area contributed by atoms with Gasteiger partial charge in [-0.1, -0.05) is 20.8 Å². The lowest BCUT2D eigenvalue weighted by atomic mass is 9.92. The fraction of sp³-hybridized carbons (Fsp3) is 0.462. The zero-order chi connectivity index (χ0) is 13.3. The Hall–Kier alpha value is -1.62. The van der Waals surface area contributed by atoms with Crippen LogP contribution in [0.1, 0.15) is 27.2 Å². The molecule has 1 aromatic carbocycles. The number of halogens is 1. The minimum atomic E-state index is -0.0620. The number of benzene rings is 1. The summed E-state index contributed by atoms with van der Waals surface area (Å²) in [5.74, 6) is 1.16. The van der Waals surface area contributed by atoms with Crippen molar-refractivity contribution in [1.29, 1.82) is 0 Å². The van der Waals surface area contributed by atoms with Gasteiger partial charge >= 0.3 is 0 Å². The number of anilines is 2. The number of hydrogen-bond acceptors (Lipinski definition) is 4. The van der Waals surface area contributed by atoms with Crippen molar-refractivity contribution >= 4 is 29.7 Å². The summed E-state index contributed by atoms with van der Waals surface area (Å²) in [7, 11) is 0. The lowest BCUT2D eigenvalue weighted by Crippen LogP contribution is -2.20. The third-order valence-corrected chi connectivity index (χ3v) is 2.51. The highest BCUT2D eigenvalue weighted by Crippen LogP contribution is 2.38. The Morgan fingerprint density at radius 3 is 2.47 bits per heavy atom. The van der Waals surface area contributed by atoms with Crippen LogP contribution in [0.15, 0.2) is 12.1 Å². The molecule has 1 aromatic rings. The van der Waals surface area contributed by atoms with Gasteiger partial charge in [0.2, 0.25) is 12.7 Å². The molecule has 2 rings (SSSR count). The summed E-state index contributed by atoms with van der Waals surface area (Å²) in [4.78, 5) is 11.8. The SMILES string of the molecule is CC(C)(C)CC(=O)Nc1cc2c(cc1N)OCO2.Cl. The second-order valence-electron chi connectivity index (χ2n) is 5.58. The fourth-order valence-corrected chi connectivity index (χ4v) is 1.74. The average Bonchev–Trinajstić information content (AvgIpc) is 2.62. The Morgan fingerprint density at radius 2 is 1.89 bits per heavy atom. The van der Waals surface area contributed by atoms with Gasteiger partial charge in [-0.15, -0.1) is 12.4 Å². The van der Waals surface area contributed by atoms with Crippen LogP contribution in [0.3, 0.4) is 0 Å². The molecule has 0 spiro atoms. The smallest absolute Gasteiger partial charge is 0.231 e. The topological polar surface area (TPSA) is 73.6 Å². The van der Waals surface area contributed by atoms with E-state index in [0.717, 1.165) is 0 Å². The van der Waals surface area contributed by atoms with Gasteiger partial charge in [0, 0.05) is 18.6 Å². The first kappa shape index (κ1) is 15.4. The third-order valence-electron chi connectivity index (χ3n) is 2.51. The zero-order valence-corrected chi connectivity index (χ0v) is 12.1. The summed E-state index contributed by atoms with van der Waals surface area (Å²) >= 11 is 0. The number of hydrogen-bond donors (Lipinski definition) is 2. The van der Waals surface area contributed by atoms with E-state index in [1.165, 1.54) is 0 Å². The normalized spacial score (nSPS) is 12.8. The van der Waals surface area contributed by atoms with E-state index in [2.05, 4.69) is 5.32 Å². The van der Waals surface area contributed by atoms with Gasteiger partial charge in [0.1, 0.15) is 0 Å². The van der Waals surface area contributed by atoms with E-state index in [4.69, 9.17) is 15.2 Å². The van der Waals surface area contributed by atoms with Crippen LogP contribution in [0, 0.1) is 5.41 Å². The highest BCUT2D eigenvalue weighted by Gasteiger charge is 2.19. The van der Waals surface area contributed by atoms with Crippen LogP contribution in [-0.2, 0) is 4.79 Å². The van der Waals surface area contributed by atoms with Crippen LogP contribution in [0.2, 0.25) is 0 Å². The molecule has 0 aromatic heterocycles. The number of ether oxygens (including phenoxy) is 2. The van der Waals surface area contributed by atoms with Crippen molar-refractivity contribution in [1.82, 2.24) is 0 Å². The minimum Gasteiger partial charge on any atom is -0.454 e. The second-order valence-corrected chi connectivity index (χ2v) is 5.58. The fourth-order valence-electron chi connectivity index (χ4n) is 1.74. The third kappa shape index (κ3) is 3.92. The van der Waals surface area contributed by atoms with Crippen molar-refractivity contribution in [3.05, 3.63) is 12.1 Å². The molecule has 0 bridgehead atoms. The van der Waals surface area contributed by atoms with Crippen LogP contribution in [0.25, 0.3) is 0 Å². The van der Waals surface area contributed by atoms with Crippen molar-refractivity contribution in [2.24, 2.45) is 5.41 Å². The quantitative estimate of drug-likeness (QED) is 0.820. The number of nitrogens with one attached hydrogen (secondary N) is 1. The van der Waals surface area contributed by atoms with E-state index >= 15 is 0 Å². The molecule has 0 saturated heterocycles. The van der Waals surface area contributed by atoms with E-state index in [-0.39, 0.29) is 30.5 Å². The van der Waals surface area contributed by atoms with E-state index in [0.29, 0.717) is 29.3 Å². The van der Waals surface area contributed by atoms with Gasteiger partial charge in [-0.25, -0.2) is 0 Å². The molecule has 0 atom stereocenters. The monoisotopic (exact) mass is 286 g/mol. The van der Waals surface area contributed by atoms with Gasteiger partial charge < -0.3 is 20.5 Å². The largest absolute Gasteiger partial charge is 0.454 e. The van der Waals surface area contributed by atoms with E-state index in [1.54, 1.807) is 12.1 Å². The number of fused-ring (bicyclic) bond motifs is 1. The molecule has 106 valence electrons. The van der Waals surface area contributed by atoms with Crippen LogP contribution >= 0.6 is 12.4 Å². The van der Waals surface area contributed by atoms with Crippen LogP contribution < -0.4 is 20.5 Å². The van der Waals surface area contributed by atoms with Crippen molar-refractivity contribution in [3.8, 4) is 11.5 Å². The van der Waals surface area contributed by atoms with Gasteiger partial charge in [-0.05, 0) is 5.41 Å². The van der Waals surface area contributed by atoms with Gasteiger partial charge in [0.15, 0.2) is 11.5 Å². The molecule has 3 N–H and O–H groups in total. The molecular weight excluding hydrogens is 268 g/mol. The molecule has 5 nitrogen and oxygen atoms in total. The number of carbonyl (C=O) groups excluding carboxylic acids is 1. The Balaban J connectivity index is 0.00000180. The maximum Gasteiger partial charge on any atom is 0.231 e. The number of amides is 1. The average molecular weight is 287 g/mol. The maximum absolute atomic E-state index is 11.8. The first-order valence-electron chi connectivity index (χ1n) is 5.84. The van der Waals surface area contributed by atoms with Crippen molar-refractivity contribution in [2.45, 2.75) is 27.2 Å². The molecule has 0 fully saturated rings. The second kappa shape index (κ2) is 5.57. The number of carbonyl (C=O) groups is 1. The highest BCUT2D eigenvalue weighted by molar-refractivity contribution is 5.94. The molecule has 1 amide bonds. The Bertz CT molecular complexity index is 484. The van der Waals surface area contributed by atoms with Crippen molar-refractivity contribution in [3.63, 3.8) is 0 Å². The summed E-state index contributed by atoms with van der Waals surface area (Å²) in [5, 5.41) is 2.80. The number of rotatable bonds is 2. The molecule has 1 heterocycles. The molecule has 1 aliphatic rings. The molecule has 19 heavy (non-hydrogen) atoms. The van der Waals surface area contributed by atoms with E-state index in [1.807, 2.05) is 20.8 Å². The maximum atomic E-state index is 11.8. The lowest BCUT2D eigenvalue weighted by Gasteiger charge is -2.18. The first-order valence-corrected chi connectivity index (χ1v) is 5.84. The summed E-state index contributed by atoms with van der Waals surface area (Å²) in [5.41, 5.74) is 6.83. The highest BCUT2D eigenvalue weighted by atomic mass is 35.5. The van der Waals surface area contributed by atoms with E-state index in [9.17, 15) is 4.79 Å². The molecule has 6 heteroatoms. The van der Waals surface area contributed by atoms with Gasteiger partial charge in [0.05, 0.1) is 11.4 Å². The Labute approximate surface area is 118 Å². The predicted molar refractivity (Wildman–Crippen MR) is 76.9 cm³/mol. The van der Waals surface area contributed by atoms with Crippen LogP contribution in [-0.4, -0.2) is 12.7 Å². The summed E-state index contributed by atoms with van der Waals surface area (Å²) in [6.07, 6.45) is 0.431. The van der Waals surface area contributed by atoms with Gasteiger partial charge in [-0.2, -0.15) is 0 Å². The number of nitrogen functional groups attached to an aromatic ring is 1. The Kier molecular flexibility index (Phi) is 4.52. The van der Waals surface area contributed by atoms with Crippen molar-refractivity contribution in [2.75, 3.05) is 17.8 Å². The molecule has 0 radical (unpaired) electrons. The Morgan fingerprint density at radius 1 is 1.32 bits per heavy atom. The van der Waals surface area contributed by atoms with Gasteiger partial charge in [0.25, 0.3) is 0 Å². The van der Waals surface area contributed by atoms with Crippen LogP contribution in [0.5, 0.6) is 11.5 Å². The summed E-state index contributed by atoms with van der Waals surface area (Å²) in [6.45, 7) is 6.22. The first-order chi connectivity index (χ1) is 8.35. The molecular formula is C13H19ClN2O3. The zero-order valence-electron chi connectivity index (χ0n) is 11.3. The summed E-state index contributed by atoms with van der Waals surface area (Å²) < 4.78 is 10.5. The molecule has 0 unspecified atom stereocenters. The van der Waals surface area contributed by atoms with Crippen LogP contribution in [0.4, 0.5) is 11.4 Å². The lowest BCUT2D eigenvalue weighted by molar-refractivity contribution is -0.117. The van der Waals surface area contributed by atoms with E-state index < -0.39 is 0 Å². The number of nitrogens with two attached hydrogens (primary N) is 1. The standard InChI is InChI=1S/C13H18N2O3.ClH/c1-13(2,3)6-12(16)15-9-5-11-10(4-8(9)14)17-7-18-11;/h4-5H,6-7,14H2,1-3H3,(H,15,16);1H. The molecule has 0 saturated carbocycles. The van der Waals surface area contributed by atoms with Crippen molar-refractivity contribution < 1.29 is 14.3 Å². The predicted octanol–water partition coefficient (Wildman–Crippen LogP) is 2.79. The van der Waals surface area contributed by atoms with Gasteiger partial charge in [-0.3, -0.25) is 4.79 Å².